The first-order valence-electron chi connectivity index (χ1n) is 5.05. The maximum absolute atomic E-state index is 5.80. The van der Waals surface area contributed by atoms with Gasteiger partial charge in [-0.2, -0.15) is 0 Å². The molecule has 4 bridgehead atoms. The number of hydrogen-bond acceptors (Lipinski definition) is 4. The Morgan fingerprint density at radius 3 is 1.00 bits per heavy atom. The topological polar surface area (TPSA) is 36.9 Å². The Morgan fingerprint density at radius 1 is 0.571 bits per heavy atom. The highest BCUT2D eigenvalue weighted by atomic mass is 16.9. The van der Waals surface area contributed by atoms with Gasteiger partial charge in [-0.05, 0) is 27.7 Å². The first kappa shape index (κ1) is 9.09. The van der Waals surface area contributed by atoms with Gasteiger partial charge in [0.15, 0.2) is 23.1 Å². The molecule has 0 amide bonds. The lowest BCUT2D eigenvalue weighted by Gasteiger charge is -2.65. The van der Waals surface area contributed by atoms with Crippen molar-refractivity contribution in [3.05, 3.63) is 0 Å². The van der Waals surface area contributed by atoms with Crippen LogP contribution in [0.1, 0.15) is 40.5 Å². The van der Waals surface area contributed by atoms with Crippen molar-refractivity contribution in [3.63, 3.8) is 0 Å². The zero-order valence-corrected chi connectivity index (χ0v) is 9.05. The van der Waals surface area contributed by atoms with Crippen molar-refractivity contribution in [1.29, 1.82) is 0 Å². The molecule has 4 heteroatoms. The van der Waals surface area contributed by atoms with Crippen LogP contribution < -0.4 is 0 Å². The summed E-state index contributed by atoms with van der Waals surface area (Å²) in [4.78, 5) is 0. The predicted molar refractivity (Wildman–Crippen MR) is 47.2 cm³/mol. The molecule has 0 aromatic heterocycles. The standard InChI is InChI=1S/C10H16O4/c1-7-5-8(2)13-9(3,11-7)6-10(4,12-7)14-8/h5-6H2,1-4H3. The summed E-state index contributed by atoms with van der Waals surface area (Å²) in [5.41, 5.74) is 0. The average molecular weight is 200 g/mol. The molecular formula is C10H16O4. The van der Waals surface area contributed by atoms with E-state index < -0.39 is 23.1 Å². The Hall–Kier alpha value is -0.160. The molecular weight excluding hydrogens is 184 g/mol. The van der Waals surface area contributed by atoms with Gasteiger partial charge in [-0.3, -0.25) is 0 Å². The van der Waals surface area contributed by atoms with Crippen LogP contribution >= 0.6 is 0 Å². The lowest BCUT2D eigenvalue weighted by molar-refractivity contribution is -0.601. The lowest BCUT2D eigenvalue weighted by atomic mass is 9.92. The van der Waals surface area contributed by atoms with Gasteiger partial charge in [-0.15, -0.1) is 0 Å². The molecule has 4 rings (SSSR count). The van der Waals surface area contributed by atoms with Crippen LogP contribution in [0.3, 0.4) is 0 Å². The van der Waals surface area contributed by atoms with E-state index >= 15 is 0 Å². The molecule has 4 heterocycles. The van der Waals surface area contributed by atoms with E-state index in [4.69, 9.17) is 18.9 Å². The Balaban J connectivity index is 2.08. The molecule has 0 aliphatic carbocycles. The highest BCUT2D eigenvalue weighted by Gasteiger charge is 2.67. The minimum absolute atomic E-state index is 0.562. The molecule has 4 aliphatic rings. The molecule has 0 aromatic carbocycles. The summed E-state index contributed by atoms with van der Waals surface area (Å²) in [5.74, 6) is -2.25. The van der Waals surface area contributed by atoms with Crippen molar-refractivity contribution < 1.29 is 18.9 Å². The first-order chi connectivity index (χ1) is 6.24. The number of hydrogen-bond donors (Lipinski definition) is 0. The molecule has 80 valence electrons. The van der Waals surface area contributed by atoms with Crippen LogP contribution in [0.4, 0.5) is 0 Å². The Bertz CT molecular complexity index is 205. The molecule has 0 radical (unpaired) electrons. The number of ether oxygens (including phenoxy) is 4. The zero-order valence-electron chi connectivity index (χ0n) is 9.05. The Morgan fingerprint density at radius 2 is 0.786 bits per heavy atom. The summed E-state index contributed by atoms with van der Waals surface area (Å²) in [6.45, 7) is 7.80. The van der Waals surface area contributed by atoms with Gasteiger partial charge in [-0.1, -0.05) is 0 Å². The molecule has 0 atom stereocenters. The van der Waals surface area contributed by atoms with Gasteiger partial charge in [-0.25, -0.2) is 0 Å². The minimum atomic E-state index is -0.562. The summed E-state index contributed by atoms with van der Waals surface area (Å²) in [7, 11) is 0. The smallest absolute Gasteiger partial charge is 0.177 e. The van der Waals surface area contributed by atoms with Crippen LogP contribution in [0, 0.1) is 0 Å². The van der Waals surface area contributed by atoms with Gasteiger partial charge in [0, 0.05) is 0 Å². The van der Waals surface area contributed by atoms with Crippen molar-refractivity contribution in [2.45, 2.75) is 63.7 Å². The molecule has 4 fully saturated rings. The van der Waals surface area contributed by atoms with Gasteiger partial charge in [0.05, 0.1) is 12.8 Å². The highest BCUT2D eigenvalue weighted by Crippen LogP contribution is 2.57. The maximum atomic E-state index is 5.80. The summed E-state index contributed by atoms with van der Waals surface area (Å²) in [6.07, 6.45) is 1.23. The fraction of sp³-hybridized carbons (Fsp3) is 1.00. The monoisotopic (exact) mass is 200 g/mol. The van der Waals surface area contributed by atoms with Crippen LogP contribution in [0.15, 0.2) is 0 Å². The van der Waals surface area contributed by atoms with E-state index in [1.54, 1.807) is 0 Å². The van der Waals surface area contributed by atoms with E-state index in [0.717, 1.165) is 0 Å². The summed E-state index contributed by atoms with van der Waals surface area (Å²) in [6, 6.07) is 0. The zero-order chi connectivity index (χ0) is 10.2. The fourth-order valence-corrected chi connectivity index (χ4v) is 3.37. The Labute approximate surface area is 83.5 Å². The second-order valence-corrected chi connectivity index (χ2v) is 5.30. The number of rotatable bonds is 0. The minimum Gasteiger partial charge on any atom is -0.318 e. The van der Waals surface area contributed by atoms with Crippen LogP contribution in [0.25, 0.3) is 0 Å². The van der Waals surface area contributed by atoms with Crippen molar-refractivity contribution in [2.24, 2.45) is 0 Å². The SMILES string of the molecule is CC12CC3(C)OC(C)(CC(C)(O1)O3)O2. The fourth-order valence-electron chi connectivity index (χ4n) is 3.37. The molecule has 0 unspecified atom stereocenters. The maximum Gasteiger partial charge on any atom is 0.177 e. The quantitative estimate of drug-likeness (QED) is 0.597. The van der Waals surface area contributed by atoms with Crippen molar-refractivity contribution >= 4 is 0 Å². The first-order valence-corrected chi connectivity index (χ1v) is 5.05. The molecule has 0 aromatic rings. The van der Waals surface area contributed by atoms with Gasteiger partial charge in [0.1, 0.15) is 0 Å². The molecule has 4 aliphatic heterocycles. The van der Waals surface area contributed by atoms with Crippen molar-refractivity contribution in [2.75, 3.05) is 0 Å². The van der Waals surface area contributed by atoms with Crippen molar-refractivity contribution in [3.8, 4) is 0 Å². The predicted octanol–water partition coefficient (Wildman–Crippen LogP) is 1.74. The summed E-state index contributed by atoms with van der Waals surface area (Å²) >= 11 is 0. The summed E-state index contributed by atoms with van der Waals surface area (Å²) in [5, 5.41) is 0. The third-order valence-corrected chi connectivity index (χ3v) is 3.01. The van der Waals surface area contributed by atoms with Crippen LogP contribution in [-0.4, -0.2) is 23.1 Å². The highest BCUT2D eigenvalue weighted by molar-refractivity contribution is 4.98. The van der Waals surface area contributed by atoms with Gasteiger partial charge >= 0.3 is 0 Å². The van der Waals surface area contributed by atoms with E-state index in [1.165, 1.54) is 0 Å². The molecule has 0 N–H and O–H groups in total. The molecule has 0 spiro atoms. The van der Waals surface area contributed by atoms with E-state index in [0.29, 0.717) is 12.8 Å². The second-order valence-electron chi connectivity index (χ2n) is 5.30. The molecule has 4 saturated heterocycles. The average Bonchev–Trinajstić information content (AvgIpc) is 1.67. The van der Waals surface area contributed by atoms with E-state index in [9.17, 15) is 0 Å². The molecule has 4 nitrogen and oxygen atoms in total. The van der Waals surface area contributed by atoms with Crippen LogP contribution in [-0.2, 0) is 18.9 Å². The van der Waals surface area contributed by atoms with Gasteiger partial charge < -0.3 is 18.9 Å². The third kappa shape index (κ3) is 1.08. The van der Waals surface area contributed by atoms with Crippen molar-refractivity contribution in [1.82, 2.24) is 0 Å². The molecule has 0 saturated carbocycles. The van der Waals surface area contributed by atoms with E-state index in [1.807, 2.05) is 27.7 Å². The lowest BCUT2D eigenvalue weighted by Crippen LogP contribution is -2.74. The molecule has 14 heavy (non-hydrogen) atoms. The van der Waals surface area contributed by atoms with E-state index in [-0.39, 0.29) is 0 Å². The second kappa shape index (κ2) is 2.02. The summed E-state index contributed by atoms with van der Waals surface area (Å²) < 4.78 is 23.2. The van der Waals surface area contributed by atoms with E-state index in [2.05, 4.69) is 0 Å². The van der Waals surface area contributed by atoms with Gasteiger partial charge in [0.25, 0.3) is 0 Å². The largest absolute Gasteiger partial charge is 0.318 e. The Kier molecular flexibility index (Phi) is 1.31. The normalized spacial score (nSPS) is 66.0. The third-order valence-electron chi connectivity index (χ3n) is 3.01. The van der Waals surface area contributed by atoms with Crippen LogP contribution in [0.2, 0.25) is 0 Å². The van der Waals surface area contributed by atoms with Gasteiger partial charge in [0.2, 0.25) is 0 Å². The van der Waals surface area contributed by atoms with Crippen LogP contribution in [0.5, 0.6) is 0 Å².